The molecule has 0 saturated heterocycles. The summed E-state index contributed by atoms with van der Waals surface area (Å²) in [5.41, 5.74) is 3.14. The van der Waals surface area contributed by atoms with Gasteiger partial charge in [0, 0.05) is 17.1 Å². The number of amides is 2. The van der Waals surface area contributed by atoms with Crippen molar-refractivity contribution in [3.8, 4) is 11.1 Å². The number of hydrogen-bond donors (Lipinski definition) is 3. The average molecular weight is 574 g/mol. The molecule has 0 aliphatic heterocycles. The number of pyridine rings is 1. The van der Waals surface area contributed by atoms with E-state index in [0.717, 1.165) is 22.6 Å². The molecule has 0 fully saturated rings. The molecule has 2 amide bonds. The van der Waals surface area contributed by atoms with E-state index >= 15 is 4.39 Å². The molecule has 0 aliphatic rings. The van der Waals surface area contributed by atoms with Crippen molar-refractivity contribution in [1.29, 1.82) is 0 Å². The van der Waals surface area contributed by atoms with Gasteiger partial charge >= 0.3 is 5.97 Å². The summed E-state index contributed by atoms with van der Waals surface area (Å²) < 4.78 is 30.2. The van der Waals surface area contributed by atoms with Crippen molar-refractivity contribution in [2.75, 3.05) is 0 Å². The second-order valence-electron chi connectivity index (χ2n) is 10.8. The Labute approximate surface area is 243 Å². The second-order valence-corrected chi connectivity index (χ2v) is 10.8. The molecule has 1 heterocycles. The smallest absolute Gasteiger partial charge is 0.305 e. The van der Waals surface area contributed by atoms with Gasteiger partial charge in [0.1, 0.15) is 6.04 Å². The summed E-state index contributed by atoms with van der Waals surface area (Å²) >= 11 is 0. The molecule has 4 rings (SSSR count). The van der Waals surface area contributed by atoms with E-state index in [4.69, 9.17) is 0 Å². The minimum atomic E-state index is -1.40. The molecule has 7 nitrogen and oxygen atoms in total. The Kier molecular flexibility index (Phi) is 9.30. The van der Waals surface area contributed by atoms with Gasteiger partial charge in [0.25, 0.3) is 5.91 Å². The van der Waals surface area contributed by atoms with Crippen LogP contribution in [0.3, 0.4) is 0 Å². The van der Waals surface area contributed by atoms with Gasteiger partial charge < -0.3 is 15.7 Å². The Morgan fingerprint density at radius 1 is 0.929 bits per heavy atom. The fourth-order valence-corrected chi connectivity index (χ4v) is 5.19. The quantitative estimate of drug-likeness (QED) is 0.207. The highest BCUT2D eigenvalue weighted by Gasteiger charge is 2.29. The van der Waals surface area contributed by atoms with E-state index in [0.29, 0.717) is 16.6 Å². The summed E-state index contributed by atoms with van der Waals surface area (Å²) in [7, 11) is 0. The zero-order chi connectivity index (χ0) is 30.6. The number of fused-ring (bicyclic) bond motifs is 1. The average Bonchev–Trinajstić information content (AvgIpc) is 2.93. The minimum Gasteiger partial charge on any atom is -0.481 e. The minimum absolute atomic E-state index is 0.0360. The molecular formula is C33H33F2N3O4. The van der Waals surface area contributed by atoms with Gasteiger partial charge in [-0.25, -0.2) is 8.78 Å². The van der Waals surface area contributed by atoms with Gasteiger partial charge in [0.15, 0.2) is 11.6 Å². The van der Waals surface area contributed by atoms with Gasteiger partial charge in [-0.3, -0.25) is 19.4 Å². The van der Waals surface area contributed by atoms with E-state index in [-0.39, 0.29) is 23.5 Å². The van der Waals surface area contributed by atoms with E-state index in [1.807, 2.05) is 58.0 Å². The summed E-state index contributed by atoms with van der Waals surface area (Å²) in [6, 6.07) is 14.2. The number of aryl methyl sites for hydroxylation is 2. The van der Waals surface area contributed by atoms with Crippen LogP contribution in [0.1, 0.15) is 59.8 Å². The van der Waals surface area contributed by atoms with Crippen molar-refractivity contribution < 1.29 is 28.3 Å². The summed E-state index contributed by atoms with van der Waals surface area (Å²) in [6.07, 6.45) is 1.08. The SMILES string of the molecule is Cc1cccc(C)c1-c1cc(F)c(F)c([C@H](CC(=O)O)NC(=O)[C@H](CC(C)C)NC(=O)c2cccc3cccnc23)c1. The molecule has 0 unspecified atom stereocenters. The number of carbonyl (C=O) groups excluding carboxylic acids is 2. The van der Waals surface area contributed by atoms with E-state index in [1.54, 1.807) is 24.4 Å². The Hall–Kier alpha value is -4.66. The molecule has 3 aromatic carbocycles. The summed E-state index contributed by atoms with van der Waals surface area (Å²) in [5, 5.41) is 15.7. The molecule has 0 bridgehead atoms. The van der Waals surface area contributed by atoms with Crippen LogP contribution in [-0.4, -0.2) is 33.9 Å². The summed E-state index contributed by atoms with van der Waals surface area (Å²) in [5.74, 6) is -5.01. The maximum absolute atomic E-state index is 15.2. The van der Waals surface area contributed by atoms with E-state index in [2.05, 4.69) is 15.6 Å². The predicted molar refractivity (Wildman–Crippen MR) is 157 cm³/mol. The van der Waals surface area contributed by atoms with Crippen molar-refractivity contribution in [2.45, 2.75) is 52.6 Å². The number of nitrogens with zero attached hydrogens (tertiary/aromatic N) is 1. The molecule has 4 aromatic rings. The van der Waals surface area contributed by atoms with E-state index < -0.39 is 47.9 Å². The van der Waals surface area contributed by atoms with Gasteiger partial charge in [-0.05, 0) is 72.7 Å². The maximum atomic E-state index is 15.2. The fraction of sp³-hybridized carbons (Fsp3) is 0.273. The first kappa shape index (κ1) is 30.3. The number of carboxylic acids is 1. The molecule has 42 heavy (non-hydrogen) atoms. The molecular weight excluding hydrogens is 540 g/mol. The van der Waals surface area contributed by atoms with Gasteiger partial charge in [-0.2, -0.15) is 0 Å². The van der Waals surface area contributed by atoms with Crippen molar-refractivity contribution >= 4 is 28.7 Å². The van der Waals surface area contributed by atoms with Gasteiger partial charge in [0.05, 0.1) is 23.5 Å². The number of hydrogen-bond acceptors (Lipinski definition) is 4. The van der Waals surface area contributed by atoms with Crippen LogP contribution in [0.2, 0.25) is 0 Å². The number of carboxylic acid groups (broad SMARTS) is 1. The molecule has 0 aliphatic carbocycles. The highest BCUT2D eigenvalue weighted by molar-refractivity contribution is 6.06. The standard InChI is InChI=1S/C33H33F2N3O4/c1-18(2)14-27(38-32(41)23-12-6-10-21-11-7-13-36-31(21)23)33(42)37-26(17-28(39)40)24-15-22(16-25(34)30(24)35)29-19(3)8-5-9-20(29)4/h5-13,15-16,18,26-27H,14,17H2,1-4H3,(H,37,42)(H,38,41)(H,39,40)/t26-,27-/m0/s1. The first-order valence-electron chi connectivity index (χ1n) is 13.7. The van der Waals surface area contributed by atoms with Crippen LogP contribution in [0.25, 0.3) is 22.0 Å². The number of nitrogens with one attached hydrogen (secondary N) is 2. The van der Waals surface area contributed by atoms with Crippen molar-refractivity contribution in [2.24, 2.45) is 5.92 Å². The molecule has 0 radical (unpaired) electrons. The Bertz CT molecular complexity index is 1630. The number of aromatic nitrogens is 1. The number of halogens is 2. The number of aliphatic carboxylic acids is 1. The summed E-state index contributed by atoms with van der Waals surface area (Å²) in [6.45, 7) is 7.40. The largest absolute Gasteiger partial charge is 0.481 e. The van der Waals surface area contributed by atoms with Crippen LogP contribution in [-0.2, 0) is 9.59 Å². The van der Waals surface area contributed by atoms with Crippen LogP contribution >= 0.6 is 0 Å². The zero-order valence-corrected chi connectivity index (χ0v) is 23.9. The topological polar surface area (TPSA) is 108 Å². The fourth-order valence-electron chi connectivity index (χ4n) is 5.19. The first-order chi connectivity index (χ1) is 20.0. The monoisotopic (exact) mass is 573 g/mol. The van der Waals surface area contributed by atoms with Crippen molar-refractivity contribution in [1.82, 2.24) is 15.6 Å². The third kappa shape index (κ3) is 6.79. The lowest BCUT2D eigenvalue weighted by atomic mass is 9.92. The number of rotatable bonds is 10. The van der Waals surface area contributed by atoms with Gasteiger partial charge in [-0.15, -0.1) is 0 Å². The number of carbonyl (C=O) groups is 3. The van der Waals surface area contributed by atoms with Crippen molar-refractivity contribution in [3.05, 3.63) is 101 Å². The van der Waals surface area contributed by atoms with Crippen LogP contribution in [0.4, 0.5) is 8.78 Å². The molecule has 0 saturated carbocycles. The Balaban J connectivity index is 1.68. The van der Waals surface area contributed by atoms with E-state index in [1.165, 1.54) is 6.07 Å². The van der Waals surface area contributed by atoms with Crippen LogP contribution < -0.4 is 10.6 Å². The summed E-state index contributed by atoms with van der Waals surface area (Å²) in [4.78, 5) is 43.0. The molecule has 2 atom stereocenters. The maximum Gasteiger partial charge on any atom is 0.305 e. The molecule has 9 heteroatoms. The molecule has 1 aromatic heterocycles. The van der Waals surface area contributed by atoms with Crippen LogP contribution in [0.15, 0.2) is 66.9 Å². The number of benzene rings is 3. The third-order valence-electron chi connectivity index (χ3n) is 7.10. The normalized spacial score (nSPS) is 12.6. The molecule has 0 spiro atoms. The Morgan fingerprint density at radius 2 is 1.60 bits per heavy atom. The molecule has 218 valence electrons. The van der Waals surface area contributed by atoms with E-state index in [9.17, 15) is 23.9 Å². The highest BCUT2D eigenvalue weighted by atomic mass is 19.2. The lowest BCUT2D eigenvalue weighted by molar-refractivity contribution is -0.137. The zero-order valence-electron chi connectivity index (χ0n) is 23.9. The van der Waals surface area contributed by atoms with Crippen molar-refractivity contribution in [3.63, 3.8) is 0 Å². The lowest BCUT2D eigenvalue weighted by Gasteiger charge is -2.25. The predicted octanol–water partition coefficient (Wildman–Crippen LogP) is 6.27. The second kappa shape index (κ2) is 12.9. The van der Waals surface area contributed by atoms with Crippen LogP contribution in [0, 0.1) is 31.4 Å². The lowest BCUT2D eigenvalue weighted by Crippen LogP contribution is -2.48. The van der Waals surface area contributed by atoms with Gasteiger partial charge in [-0.1, -0.05) is 50.2 Å². The van der Waals surface area contributed by atoms with Crippen LogP contribution in [0.5, 0.6) is 0 Å². The molecule has 3 N–H and O–H groups in total. The van der Waals surface area contributed by atoms with Gasteiger partial charge in [0.2, 0.25) is 5.91 Å². The first-order valence-corrected chi connectivity index (χ1v) is 13.7. The Morgan fingerprint density at radius 3 is 2.26 bits per heavy atom. The third-order valence-corrected chi connectivity index (χ3v) is 7.10. The number of para-hydroxylation sites is 1. The highest BCUT2D eigenvalue weighted by Crippen LogP contribution is 2.33.